The van der Waals surface area contributed by atoms with Crippen LogP contribution in [-0.4, -0.2) is 41.4 Å². The third kappa shape index (κ3) is 6.95. The molecule has 0 aliphatic carbocycles. The van der Waals surface area contributed by atoms with E-state index in [1.165, 1.54) is 0 Å². The molecule has 0 aromatic heterocycles. The van der Waals surface area contributed by atoms with E-state index in [-0.39, 0.29) is 17.1 Å². The minimum Gasteiger partial charge on any atom is -0.466 e. The van der Waals surface area contributed by atoms with Crippen molar-refractivity contribution >= 4 is 16.8 Å². The lowest BCUT2D eigenvalue weighted by atomic mass is 10.2. The topological polar surface area (TPSA) is 55.4 Å². The van der Waals surface area contributed by atoms with Crippen LogP contribution in [0.2, 0.25) is 0 Å². The summed E-state index contributed by atoms with van der Waals surface area (Å²) < 4.78 is 16.0. The first-order valence-electron chi connectivity index (χ1n) is 5.68. The van der Waals surface area contributed by atoms with Crippen LogP contribution in [0.5, 0.6) is 0 Å². The molecule has 0 fully saturated rings. The fourth-order valence-electron chi connectivity index (χ4n) is 1.16. The number of ether oxygens (including phenoxy) is 1. The highest BCUT2D eigenvalue weighted by molar-refractivity contribution is 7.84. The van der Waals surface area contributed by atoms with Crippen LogP contribution < -0.4 is 5.32 Å². The van der Waals surface area contributed by atoms with Gasteiger partial charge in [-0.05, 0) is 19.9 Å². The summed E-state index contributed by atoms with van der Waals surface area (Å²) in [6.45, 7) is 7.43. The lowest BCUT2D eigenvalue weighted by molar-refractivity contribution is -0.147. The Morgan fingerprint density at radius 1 is 1.44 bits per heavy atom. The third-order valence-corrected chi connectivity index (χ3v) is 3.80. The highest BCUT2D eigenvalue weighted by Crippen LogP contribution is 1.99. The van der Waals surface area contributed by atoms with E-state index in [0.29, 0.717) is 13.2 Å². The maximum atomic E-state index is 11.3. The summed E-state index contributed by atoms with van der Waals surface area (Å²) in [6, 6.07) is 0. The van der Waals surface area contributed by atoms with Gasteiger partial charge in [0.1, 0.15) is 0 Å². The van der Waals surface area contributed by atoms with E-state index in [0.717, 1.165) is 13.0 Å². The molecular formula is C11H23NO3S. The van der Waals surface area contributed by atoms with Crippen LogP contribution in [0.1, 0.15) is 27.2 Å². The SMILES string of the molecule is CCOC(=O)C(C)CNCCC(C)S(C)=O. The van der Waals surface area contributed by atoms with Crippen molar-refractivity contribution in [3.05, 3.63) is 0 Å². The predicted molar refractivity (Wildman–Crippen MR) is 66.8 cm³/mol. The van der Waals surface area contributed by atoms with E-state index < -0.39 is 10.8 Å². The molecule has 0 radical (unpaired) electrons. The van der Waals surface area contributed by atoms with Crippen LogP contribution in [0.3, 0.4) is 0 Å². The molecule has 0 spiro atoms. The van der Waals surface area contributed by atoms with Gasteiger partial charge in [-0.15, -0.1) is 0 Å². The Morgan fingerprint density at radius 2 is 2.06 bits per heavy atom. The van der Waals surface area contributed by atoms with E-state index in [4.69, 9.17) is 4.74 Å². The van der Waals surface area contributed by atoms with Crippen molar-refractivity contribution in [2.45, 2.75) is 32.4 Å². The highest BCUT2D eigenvalue weighted by atomic mass is 32.2. The molecule has 4 nitrogen and oxygen atoms in total. The molecule has 0 aromatic rings. The summed E-state index contributed by atoms with van der Waals surface area (Å²) in [5.41, 5.74) is 0. The van der Waals surface area contributed by atoms with Gasteiger partial charge in [0.25, 0.3) is 0 Å². The van der Waals surface area contributed by atoms with Crippen molar-refractivity contribution in [1.82, 2.24) is 5.32 Å². The molecule has 1 N–H and O–H groups in total. The fraction of sp³-hybridized carbons (Fsp3) is 0.909. The summed E-state index contributed by atoms with van der Waals surface area (Å²) in [4.78, 5) is 11.3. The van der Waals surface area contributed by atoms with Gasteiger partial charge in [0.05, 0.1) is 12.5 Å². The summed E-state index contributed by atoms with van der Waals surface area (Å²) in [6.07, 6.45) is 2.57. The van der Waals surface area contributed by atoms with E-state index in [1.807, 2.05) is 13.8 Å². The molecule has 0 saturated heterocycles. The molecule has 96 valence electrons. The van der Waals surface area contributed by atoms with Gasteiger partial charge >= 0.3 is 5.97 Å². The molecule has 0 heterocycles. The van der Waals surface area contributed by atoms with E-state index in [9.17, 15) is 9.00 Å². The van der Waals surface area contributed by atoms with Crippen molar-refractivity contribution in [3.63, 3.8) is 0 Å². The standard InChI is InChI=1S/C11H23NO3S/c1-5-15-11(13)9(2)8-12-7-6-10(3)16(4)14/h9-10,12H,5-8H2,1-4H3. The summed E-state index contributed by atoms with van der Waals surface area (Å²) >= 11 is 0. The fourth-order valence-corrected chi connectivity index (χ4v) is 1.61. The summed E-state index contributed by atoms with van der Waals surface area (Å²) in [7, 11) is -0.768. The van der Waals surface area contributed by atoms with Gasteiger partial charge in [-0.2, -0.15) is 0 Å². The van der Waals surface area contributed by atoms with Crippen molar-refractivity contribution in [3.8, 4) is 0 Å². The largest absolute Gasteiger partial charge is 0.466 e. The second-order valence-corrected chi connectivity index (χ2v) is 5.76. The first kappa shape index (κ1) is 15.6. The van der Waals surface area contributed by atoms with E-state index >= 15 is 0 Å². The molecule has 5 heteroatoms. The van der Waals surface area contributed by atoms with Gasteiger partial charge in [0, 0.05) is 28.9 Å². The van der Waals surface area contributed by atoms with Crippen molar-refractivity contribution in [2.75, 3.05) is 26.0 Å². The third-order valence-electron chi connectivity index (χ3n) is 2.43. The average molecular weight is 249 g/mol. The maximum Gasteiger partial charge on any atom is 0.309 e. The number of hydrogen-bond acceptors (Lipinski definition) is 4. The molecule has 0 amide bonds. The highest BCUT2D eigenvalue weighted by Gasteiger charge is 2.13. The zero-order chi connectivity index (χ0) is 12.6. The second kappa shape index (κ2) is 8.70. The van der Waals surface area contributed by atoms with Gasteiger partial charge in [0.15, 0.2) is 0 Å². The van der Waals surface area contributed by atoms with E-state index in [2.05, 4.69) is 5.32 Å². The molecule has 0 aromatic carbocycles. The molecule has 3 atom stereocenters. The first-order valence-corrected chi connectivity index (χ1v) is 7.30. The van der Waals surface area contributed by atoms with Crippen LogP contribution in [0.4, 0.5) is 0 Å². The van der Waals surface area contributed by atoms with Gasteiger partial charge in [-0.25, -0.2) is 0 Å². The smallest absolute Gasteiger partial charge is 0.309 e. The molecule has 0 rings (SSSR count). The molecular weight excluding hydrogens is 226 g/mol. The second-order valence-electron chi connectivity index (χ2n) is 3.96. The number of nitrogens with one attached hydrogen (secondary N) is 1. The lowest BCUT2D eigenvalue weighted by Crippen LogP contribution is -2.30. The van der Waals surface area contributed by atoms with E-state index in [1.54, 1.807) is 13.2 Å². The Labute approximate surface area is 101 Å². The summed E-state index contributed by atoms with van der Waals surface area (Å²) in [5.74, 6) is -0.288. The molecule has 0 saturated carbocycles. The first-order chi connectivity index (χ1) is 7.49. The Balaban J connectivity index is 3.58. The number of carbonyl (C=O) groups excluding carboxylic acids is 1. The monoisotopic (exact) mass is 249 g/mol. The molecule has 0 aliphatic rings. The molecule has 3 unspecified atom stereocenters. The van der Waals surface area contributed by atoms with Crippen LogP contribution >= 0.6 is 0 Å². The van der Waals surface area contributed by atoms with Gasteiger partial charge in [0.2, 0.25) is 0 Å². The molecule has 0 bridgehead atoms. The Morgan fingerprint density at radius 3 is 2.56 bits per heavy atom. The normalized spacial score (nSPS) is 16.5. The number of hydrogen-bond donors (Lipinski definition) is 1. The molecule has 16 heavy (non-hydrogen) atoms. The Bertz CT molecular complexity index is 233. The summed E-state index contributed by atoms with van der Waals surface area (Å²) in [5, 5.41) is 3.37. The maximum absolute atomic E-state index is 11.3. The Hall–Kier alpha value is -0.420. The van der Waals surface area contributed by atoms with Crippen LogP contribution in [0, 0.1) is 5.92 Å². The van der Waals surface area contributed by atoms with Gasteiger partial charge in [-0.3, -0.25) is 9.00 Å². The van der Waals surface area contributed by atoms with Crippen LogP contribution in [-0.2, 0) is 20.3 Å². The average Bonchev–Trinajstić information content (AvgIpc) is 2.23. The van der Waals surface area contributed by atoms with Crippen molar-refractivity contribution in [2.24, 2.45) is 5.92 Å². The van der Waals surface area contributed by atoms with Gasteiger partial charge < -0.3 is 10.1 Å². The minimum atomic E-state index is -0.768. The zero-order valence-electron chi connectivity index (χ0n) is 10.6. The zero-order valence-corrected chi connectivity index (χ0v) is 11.4. The number of rotatable bonds is 8. The van der Waals surface area contributed by atoms with Gasteiger partial charge in [-0.1, -0.05) is 13.8 Å². The molecule has 0 aliphatic heterocycles. The number of esters is 1. The van der Waals surface area contributed by atoms with Crippen molar-refractivity contribution < 1.29 is 13.7 Å². The lowest BCUT2D eigenvalue weighted by Gasteiger charge is -2.13. The Kier molecular flexibility index (Phi) is 8.47. The van der Waals surface area contributed by atoms with Crippen LogP contribution in [0.25, 0.3) is 0 Å². The minimum absolute atomic E-state index is 0.123. The van der Waals surface area contributed by atoms with Crippen LogP contribution in [0.15, 0.2) is 0 Å². The van der Waals surface area contributed by atoms with Crippen molar-refractivity contribution in [1.29, 1.82) is 0 Å². The quantitative estimate of drug-likeness (QED) is 0.514. The predicted octanol–water partition coefficient (Wildman–Crippen LogP) is 0.932. The number of carbonyl (C=O) groups is 1.